The second-order valence-corrected chi connectivity index (χ2v) is 5.08. The molecule has 23 heavy (non-hydrogen) atoms. The van der Waals surface area contributed by atoms with Gasteiger partial charge in [-0.1, -0.05) is 0 Å². The van der Waals surface area contributed by atoms with Gasteiger partial charge in [0.1, 0.15) is 30.0 Å². The van der Waals surface area contributed by atoms with E-state index in [4.69, 9.17) is 4.74 Å². The molecule has 1 N–H and O–H groups in total. The molecule has 1 aliphatic rings. The molecule has 1 aromatic carbocycles. The maximum atomic E-state index is 5.47. The molecule has 0 saturated heterocycles. The SMILES string of the molecule is COc1cc2c(cc1Nc1cc(-n3ccnc3)ncn1)C=NC2. The smallest absolute Gasteiger partial charge is 0.143 e. The predicted molar refractivity (Wildman–Crippen MR) is 86.7 cm³/mol. The monoisotopic (exact) mass is 306 g/mol. The van der Waals surface area contributed by atoms with Crippen LogP contribution in [0.1, 0.15) is 11.1 Å². The number of aliphatic imine (C=N–C) groups is 1. The van der Waals surface area contributed by atoms with Gasteiger partial charge in [-0.15, -0.1) is 0 Å². The molecular weight excluding hydrogens is 292 g/mol. The summed E-state index contributed by atoms with van der Waals surface area (Å²) in [4.78, 5) is 16.8. The van der Waals surface area contributed by atoms with E-state index in [2.05, 4.69) is 25.3 Å². The lowest BCUT2D eigenvalue weighted by molar-refractivity contribution is 0.416. The van der Waals surface area contributed by atoms with Crippen molar-refractivity contribution >= 4 is 17.7 Å². The highest BCUT2D eigenvalue weighted by Crippen LogP contribution is 2.32. The van der Waals surface area contributed by atoms with Crippen LogP contribution < -0.4 is 10.1 Å². The molecule has 0 saturated carbocycles. The first-order chi connectivity index (χ1) is 11.3. The number of ether oxygens (including phenoxy) is 1. The molecule has 0 fully saturated rings. The summed E-state index contributed by atoms with van der Waals surface area (Å²) in [7, 11) is 1.65. The molecule has 0 bridgehead atoms. The van der Waals surface area contributed by atoms with E-state index in [1.165, 1.54) is 6.33 Å². The summed E-state index contributed by atoms with van der Waals surface area (Å²) in [5.74, 6) is 2.18. The molecule has 7 nitrogen and oxygen atoms in total. The van der Waals surface area contributed by atoms with E-state index in [1.54, 1.807) is 19.6 Å². The number of imidazole rings is 1. The lowest BCUT2D eigenvalue weighted by atomic mass is 10.1. The minimum atomic E-state index is 0.678. The van der Waals surface area contributed by atoms with E-state index in [0.29, 0.717) is 12.4 Å². The van der Waals surface area contributed by atoms with Gasteiger partial charge < -0.3 is 10.1 Å². The average molecular weight is 306 g/mol. The van der Waals surface area contributed by atoms with E-state index >= 15 is 0 Å². The normalized spacial score (nSPS) is 12.2. The van der Waals surface area contributed by atoms with Gasteiger partial charge in [-0.2, -0.15) is 0 Å². The van der Waals surface area contributed by atoms with E-state index in [0.717, 1.165) is 28.4 Å². The van der Waals surface area contributed by atoms with E-state index in [9.17, 15) is 0 Å². The van der Waals surface area contributed by atoms with Gasteiger partial charge in [0, 0.05) is 24.7 Å². The third kappa shape index (κ3) is 2.52. The Morgan fingerprint density at radius 1 is 1.22 bits per heavy atom. The Bertz CT molecular complexity index is 872. The number of nitrogens with one attached hydrogen (secondary N) is 1. The van der Waals surface area contributed by atoms with Crippen molar-refractivity contribution in [3.8, 4) is 11.6 Å². The van der Waals surface area contributed by atoms with Gasteiger partial charge in [0.05, 0.1) is 19.3 Å². The van der Waals surface area contributed by atoms with Crippen LogP contribution in [0.25, 0.3) is 5.82 Å². The maximum absolute atomic E-state index is 5.47. The Kier molecular flexibility index (Phi) is 3.23. The number of hydrogen-bond acceptors (Lipinski definition) is 6. The lowest BCUT2D eigenvalue weighted by Crippen LogP contribution is -2.01. The lowest BCUT2D eigenvalue weighted by Gasteiger charge is -2.13. The van der Waals surface area contributed by atoms with Crippen molar-refractivity contribution in [1.82, 2.24) is 19.5 Å². The summed E-state index contributed by atoms with van der Waals surface area (Å²) < 4.78 is 7.29. The molecule has 0 unspecified atom stereocenters. The van der Waals surface area contributed by atoms with Gasteiger partial charge in [0.25, 0.3) is 0 Å². The van der Waals surface area contributed by atoms with E-state index < -0.39 is 0 Å². The van der Waals surface area contributed by atoms with Crippen LogP contribution in [0.4, 0.5) is 11.5 Å². The molecule has 114 valence electrons. The zero-order valence-corrected chi connectivity index (χ0v) is 12.5. The number of fused-ring (bicyclic) bond motifs is 1. The van der Waals surface area contributed by atoms with Crippen molar-refractivity contribution in [2.24, 2.45) is 4.99 Å². The third-order valence-corrected chi connectivity index (χ3v) is 3.64. The van der Waals surface area contributed by atoms with Crippen LogP contribution in [-0.4, -0.2) is 32.8 Å². The van der Waals surface area contributed by atoms with Crippen molar-refractivity contribution in [1.29, 1.82) is 0 Å². The Hall–Kier alpha value is -3.22. The highest BCUT2D eigenvalue weighted by molar-refractivity contribution is 5.87. The second kappa shape index (κ2) is 5.53. The molecule has 4 rings (SSSR count). The van der Waals surface area contributed by atoms with Crippen molar-refractivity contribution in [3.63, 3.8) is 0 Å². The Morgan fingerprint density at radius 3 is 3.00 bits per heavy atom. The molecule has 0 spiro atoms. The fourth-order valence-corrected chi connectivity index (χ4v) is 2.49. The van der Waals surface area contributed by atoms with Gasteiger partial charge in [-0.05, 0) is 23.3 Å². The van der Waals surface area contributed by atoms with Crippen LogP contribution in [0, 0.1) is 0 Å². The third-order valence-electron chi connectivity index (χ3n) is 3.64. The molecular formula is C16H14N6O. The van der Waals surface area contributed by atoms with Gasteiger partial charge >= 0.3 is 0 Å². The van der Waals surface area contributed by atoms with Gasteiger partial charge in [0.15, 0.2) is 0 Å². The number of aromatic nitrogens is 4. The summed E-state index contributed by atoms with van der Waals surface area (Å²) in [5.41, 5.74) is 3.10. The number of hydrogen-bond donors (Lipinski definition) is 1. The average Bonchev–Trinajstić information content (AvgIpc) is 3.25. The quantitative estimate of drug-likeness (QED) is 0.800. The number of nitrogens with zero attached hydrogens (tertiary/aromatic N) is 5. The van der Waals surface area contributed by atoms with E-state index in [-0.39, 0.29) is 0 Å². The first-order valence-corrected chi connectivity index (χ1v) is 7.11. The molecule has 3 heterocycles. The fourth-order valence-electron chi connectivity index (χ4n) is 2.49. The summed E-state index contributed by atoms with van der Waals surface area (Å²) in [6, 6.07) is 5.87. The van der Waals surface area contributed by atoms with Crippen molar-refractivity contribution < 1.29 is 4.74 Å². The zero-order chi connectivity index (χ0) is 15.6. The van der Waals surface area contributed by atoms with Crippen LogP contribution in [0.15, 0.2) is 48.2 Å². The van der Waals surface area contributed by atoms with E-state index in [1.807, 2.05) is 35.2 Å². The fraction of sp³-hybridized carbons (Fsp3) is 0.125. The second-order valence-electron chi connectivity index (χ2n) is 5.08. The number of benzene rings is 1. The first kappa shape index (κ1) is 13.4. The maximum Gasteiger partial charge on any atom is 0.143 e. The van der Waals surface area contributed by atoms with Crippen LogP contribution >= 0.6 is 0 Å². The molecule has 3 aromatic rings. The van der Waals surface area contributed by atoms with Crippen LogP contribution in [0.3, 0.4) is 0 Å². The first-order valence-electron chi connectivity index (χ1n) is 7.11. The standard InChI is InChI=1S/C16H14N6O/c1-23-14-5-12-8-18-7-11(12)4-13(14)21-15-6-16(20-9-19-15)22-3-2-17-10-22/h2-7,9-10H,8H2,1H3,(H,19,20,21). The number of anilines is 2. The van der Waals surface area contributed by atoms with Gasteiger partial charge in [-0.3, -0.25) is 9.56 Å². The minimum Gasteiger partial charge on any atom is -0.495 e. The summed E-state index contributed by atoms with van der Waals surface area (Å²) in [6.07, 6.45) is 8.62. The molecule has 7 heteroatoms. The Morgan fingerprint density at radius 2 is 2.17 bits per heavy atom. The van der Waals surface area contributed by atoms with Crippen molar-refractivity contribution in [2.75, 3.05) is 12.4 Å². The number of rotatable bonds is 4. The molecule has 1 aliphatic heterocycles. The van der Waals surface area contributed by atoms with Crippen LogP contribution in [0.5, 0.6) is 5.75 Å². The minimum absolute atomic E-state index is 0.678. The molecule has 0 radical (unpaired) electrons. The molecule has 2 aromatic heterocycles. The van der Waals surface area contributed by atoms with Crippen molar-refractivity contribution in [3.05, 3.63) is 54.4 Å². The van der Waals surface area contributed by atoms with Crippen molar-refractivity contribution in [2.45, 2.75) is 6.54 Å². The van der Waals surface area contributed by atoms with Gasteiger partial charge in [-0.25, -0.2) is 15.0 Å². The molecule has 0 aliphatic carbocycles. The Balaban J connectivity index is 1.68. The van der Waals surface area contributed by atoms with Crippen LogP contribution in [0.2, 0.25) is 0 Å². The molecule has 0 atom stereocenters. The number of methoxy groups -OCH3 is 1. The predicted octanol–water partition coefficient (Wildman–Crippen LogP) is 2.35. The summed E-state index contributed by atoms with van der Waals surface area (Å²) in [5, 5.41) is 3.28. The highest BCUT2D eigenvalue weighted by Gasteiger charge is 2.13. The largest absolute Gasteiger partial charge is 0.495 e. The summed E-state index contributed by atoms with van der Waals surface area (Å²) in [6.45, 7) is 0.699. The van der Waals surface area contributed by atoms with Gasteiger partial charge in [0.2, 0.25) is 0 Å². The molecule has 0 amide bonds. The van der Waals surface area contributed by atoms with Crippen LogP contribution in [-0.2, 0) is 6.54 Å². The highest BCUT2D eigenvalue weighted by atomic mass is 16.5. The summed E-state index contributed by atoms with van der Waals surface area (Å²) >= 11 is 0. The zero-order valence-electron chi connectivity index (χ0n) is 12.5. The Labute approximate surface area is 132 Å². The topological polar surface area (TPSA) is 77.2 Å².